The van der Waals surface area contributed by atoms with Gasteiger partial charge in [0.05, 0.1) is 11.4 Å². The van der Waals surface area contributed by atoms with E-state index in [2.05, 4.69) is 17.2 Å². The van der Waals surface area contributed by atoms with Crippen molar-refractivity contribution in [2.24, 2.45) is 0 Å². The van der Waals surface area contributed by atoms with Crippen molar-refractivity contribution in [2.45, 2.75) is 11.8 Å². The quantitative estimate of drug-likeness (QED) is 0.737. The molecule has 7 heteroatoms. The molecular weight excluding hydrogens is 292 g/mol. The summed E-state index contributed by atoms with van der Waals surface area (Å²) < 4.78 is 25.5. The average molecular weight is 310 g/mol. The number of hydrogen-bond donors (Lipinski definition) is 2. The number of nitrogens with one attached hydrogen (secondary N) is 1. The Kier molecular flexibility index (Phi) is 6.37. The van der Waals surface area contributed by atoms with E-state index in [-0.39, 0.29) is 24.0 Å². The van der Waals surface area contributed by atoms with Crippen LogP contribution in [-0.2, 0) is 14.8 Å². The van der Waals surface area contributed by atoms with Gasteiger partial charge >= 0.3 is 0 Å². The van der Waals surface area contributed by atoms with Crippen LogP contribution in [0.5, 0.6) is 0 Å². The molecule has 0 spiro atoms. The van der Waals surface area contributed by atoms with E-state index in [1.807, 2.05) is 0 Å². The largest absolute Gasteiger partial charge is 0.384 e. The van der Waals surface area contributed by atoms with Gasteiger partial charge in [-0.15, -0.1) is 0 Å². The first-order valence-corrected chi connectivity index (χ1v) is 7.78. The Morgan fingerprint density at radius 1 is 1.33 bits per heavy atom. The van der Waals surface area contributed by atoms with Gasteiger partial charge in [-0.1, -0.05) is 11.8 Å². The van der Waals surface area contributed by atoms with Crippen LogP contribution in [0.15, 0.2) is 29.2 Å². The first-order chi connectivity index (χ1) is 9.91. The number of carbonyl (C=O) groups excluding carboxylic acids is 1. The van der Waals surface area contributed by atoms with Gasteiger partial charge in [-0.3, -0.25) is 4.79 Å². The topological polar surface area (TPSA) is 86.7 Å². The monoisotopic (exact) mass is 310 g/mol. The van der Waals surface area contributed by atoms with E-state index in [1.165, 1.54) is 19.2 Å². The minimum atomic E-state index is -3.71. The Morgan fingerprint density at radius 3 is 2.48 bits per heavy atom. The lowest BCUT2D eigenvalue weighted by atomic mass is 10.2. The third kappa shape index (κ3) is 4.86. The van der Waals surface area contributed by atoms with Crippen LogP contribution in [0.4, 0.5) is 0 Å². The molecule has 0 saturated heterocycles. The maximum absolute atomic E-state index is 12.3. The number of likely N-dealkylation sites (N-methyl/N-ethyl adjacent to an activating group) is 2. The van der Waals surface area contributed by atoms with Gasteiger partial charge in [-0.2, -0.15) is 4.31 Å². The number of amides is 1. The van der Waals surface area contributed by atoms with Gasteiger partial charge < -0.3 is 10.4 Å². The summed E-state index contributed by atoms with van der Waals surface area (Å²) in [7, 11) is -2.36. The Bertz CT molecular complexity index is 642. The van der Waals surface area contributed by atoms with Crippen molar-refractivity contribution >= 4 is 15.9 Å². The van der Waals surface area contributed by atoms with E-state index < -0.39 is 10.0 Å². The number of nitrogens with zero attached hydrogens (tertiary/aromatic N) is 1. The lowest BCUT2D eigenvalue weighted by Gasteiger charge is -2.16. The number of rotatable bonds is 5. The van der Waals surface area contributed by atoms with E-state index >= 15 is 0 Å². The summed E-state index contributed by atoms with van der Waals surface area (Å²) in [6.45, 7) is 1.72. The molecule has 0 aliphatic carbocycles. The van der Waals surface area contributed by atoms with Crippen molar-refractivity contribution in [3.05, 3.63) is 29.8 Å². The van der Waals surface area contributed by atoms with Crippen LogP contribution in [0, 0.1) is 11.8 Å². The standard InChI is InChI=1S/C14H18N2O4S/c1-3-15-14(18)11-16(2)21(19,20)13-8-6-12(7-9-13)5-4-10-17/h6-9,17H,3,10-11H2,1-2H3,(H,15,18). The van der Waals surface area contributed by atoms with E-state index in [0.717, 1.165) is 4.31 Å². The molecule has 0 fully saturated rings. The number of aliphatic hydroxyl groups excluding tert-OH is 1. The number of benzene rings is 1. The summed E-state index contributed by atoms with van der Waals surface area (Å²) >= 11 is 0. The highest BCUT2D eigenvalue weighted by molar-refractivity contribution is 7.89. The van der Waals surface area contributed by atoms with E-state index in [4.69, 9.17) is 5.11 Å². The first-order valence-electron chi connectivity index (χ1n) is 6.34. The highest BCUT2D eigenvalue weighted by Gasteiger charge is 2.22. The van der Waals surface area contributed by atoms with E-state index in [1.54, 1.807) is 19.1 Å². The Balaban J connectivity index is 2.89. The van der Waals surface area contributed by atoms with Crippen LogP contribution in [-0.4, -0.2) is 50.5 Å². The molecule has 0 aliphatic rings. The maximum atomic E-state index is 12.3. The fourth-order valence-electron chi connectivity index (χ4n) is 1.57. The van der Waals surface area contributed by atoms with Crippen LogP contribution in [0.3, 0.4) is 0 Å². The van der Waals surface area contributed by atoms with Gasteiger partial charge in [0.15, 0.2) is 0 Å². The van der Waals surface area contributed by atoms with Crippen molar-refractivity contribution in [1.29, 1.82) is 0 Å². The Labute approximate surface area is 124 Å². The molecule has 1 rings (SSSR count). The zero-order valence-corrected chi connectivity index (χ0v) is 12.8. The molecular formula is C14H18N2O4S. The van der Waals surface area contributed by atoms with Gasteiger partial charge in [0.1, 0.15) is 6.61 Å². The highest BCUT2D eigenvalue weighted by atomic mass is 32.2. The minimum Gasteiger partial charge on any atom is -0.384 e. The van der Waals surface area contributed by atoms with Crippen LogP contribution in [0.2, 0.25) is 0 Å². The van der Waals surface area contributed by atoms with Crippen LogP contribution in [0.25, 0.3) is 0 Å². The third-order valence-electron chi connectivity index (χ3n) is 2.61. The smallest absolute Gasteiger partial charge is 0.243 e. The predicted octanol–water partition coefficient (Wildman–Crippen LogP) is -0.213. The van der Waals surface area contributed by atoms with E-state index in [9.17, 15) is 13.2 Å². The summed E-state index contributed by atoms with van der Waals surface area (Å²) in [5.41, 5.74) is 0.606. The lowest BCUT2D eigenvalue weighted by molar-refractivity contribution is -0.121. The fourth-order valence-corrected chi connectivity index (χ4v) is 2.70. The molecule has 6 nitrogen and oxygen atoms in total. The molecule has 2 N–H and O–H groups in total. The van der Waals surface area contributed by atoms with Gasteiger partial charge in [0.2, 0.25) is 15.9 Å². The second-order valence-corrected chi connectivity index (χ2v) is 6.24. The molecule has 1 aromatic carbocycles. The molecule has 0 aliphatic heterocycles. The van der Waals surface area contributed by atoms with Crippen molar-refractivity contribution < 1.29 is 18.3 Å². The van der Waals surface area contributed by atoms with Crippen molar-refractivity contribution in [3.8, 4) is 11.8 Å². The number of carbonyl (C=O) groups is 1. The van der Waals surface area contributed by atoms with Crippen molar-refractivity contribution in [1.82, 2.24) is 9.62 Å². The van der Waals surface area contributed by atoms with Gasteiger partial charge in [0.25, 0.3) is 0 Å². The Hall–Kier alpha value is -1.88. The van der Waals surface area contributed by atoms with Gasteiger partial charge in [-0.25, -0.2) is 8.42 Å². The summed E-state index contributed by atoms with van der Waals surface area (Å²) in [5.74, 6) is 4.80. The maximum Gasteiger partial charge on any atom is 0.243 e. The molecule has 0 heterocycles. The second-order valence-electron chi connectivity index (χ2n) is 4.20. The lowest BCUT2D eigenvalue weighted by Crippen LogP contribution is -2.38. The molecule has 0 aromatic heterocycles. The number of hydrogen-bond acceptors (Lipinski definition) is 4. The first kappa shape index (κ1) is 17.2. The molecule has 1 amide bonds. The summed E-state index contributed by atoms with van der Waals surface area (Å²) in [4.78, 5) is 11.5. The summed E-state index contributed by atoms with van der Waals surface area (Å²) in [5, 5.41) is 11.1. The third-order valence-corrected chi connectivity index (χ3v) is 4.43. The number of sulfonamides is 1. The SMILES string of the molecule is CCNC(=O)CN(C)S(=O)(=O)c1ccc(C#CCO)cc1. The molecule has 0 unspecified atom stereocenters. The Morgan fingerprint density at radius 2 is 1.95 bits per heavy atom. The molecule has 0 bridgehead atoms. The molecule has 21 heavy (non-hydrogen) atoms. The van der Waals surface area contributed by atoms with Crippen LogP contribution < -0.4 is 5.32 Å². The highest BCUT2D eigenvalue weighted by Crippen LogP contribution is 2.14. The van der Waals surface area contributed by atoms with Crippen LogP contribution >= 0.6 is 0 Å². The number of aliphatic hydroxyl groups is 1. The average Bonchev–Trinajstić information content (AvgIpc) is 2.45. The zero-order chi connectivity index (χ0) is 15.9. The van der Waals surface area contributed by atoms with E-state index in [0.29, 0.717) is 12.1 Å². The fraction of sp³-hybridized carbons (Fsp3) is 0.357. The minimum absolute atomic E-state index is 0.0869. The molecule has 0 atom stereocenters. The second kappa shape index (κ2) is 7.78. The van der Waals surface area contributed by atoms with Crippen LogP contribution in [0.1, 0.15) is 12.5 Å². The molecule has 0 saturated carbocycles. The van der Waals surface area contributed by atoms with Gasteiger partial charge in [-0.05, 0) is 31.2 Å². The predicted molar refractivity (Wildman–Crippen MR) is 78.9 cm³/mol. The molecule has 0 radical (unpaired) electrons. The van der Waals surface area contributed by atoms with Crippen molar-refractivity contribution in [2.75, 3.05) is 26.7 Å². The molecule has 1 aromatic rings. The summed E-state index contributed by atoms with van der Waals surface area (Å²) in [6.07, 6.45) is 0. The normalized spacial score (nSPS) is 10.9. The molecule has 114 valence electrons. The van der Waals surface area contributed by atoms with Gasteiger partial charge in [0, 0.05) is 19.2 Å². The summed E-state index contributed by atoms with van der Waals surface area (Å²) in [6, 6.07) is 5.95. The van der Waals surface area contributed by atoms with Crippen molar-refractivity contribution in [3.63, 3.8) is 0 Å². The zero-order valence-electron chi connectivity index (χ0n) is 12.0.